The fourth-order valence-corrected chi connectivity index (χ4v) is 2.13. The molecular weight excluding hydrogens is 413 g/mol. The number of ether oxygens (including phenoxy) is 1. The standard InChI is InChI=1S/C16H26ClN3O.HI/c1-3-21-12-5-4-10-19-16(18-2)20-11-9-14-7-6-8-15(17)13-14;/h6-8,13H,3-5,9-12H2,1-2H3,(H2,18,19,20);1H. The summed E-state index contributed by atoms with van der Waals surface area (Å²) in [5.41, 5.74) is 1.22. The second-order valence-electron chi connectivity index (χ2n) is 4.71. The van der Waals surface area contributed by atoms with Crippen molar-refractivity contribution in [3.8, 4) is 0 Å². The van der Waals surface area contributed by atoms with Crippen LogP contribution in [0.1, 0.15) is 25.3 Å². The maximum absolute atomic E-state index is 5.97. The van der Waals surface area contributed by atoms with Gasteiger partial charge >= 0.3 is 0 Å². The van der Waals surface area contributed by atoms with Crippen LogP contribution in [0.25, 0.3) is 0 Å². The molecule has 4 nitrogen and oxygen atoms in total. The lowest BCUT2D eigenvalue weighted by atomic mass is 10.1. The minimum atomic E-state index is 0. The Bertz CT molecular complexity index is 430. The largest absolute Gasteiger partial charge is 0.382 e. The second-order valence-corrected chi connectivity index (χ2v) is 5.15. The molecule has 0 spiro atoms. The SMILES string of the molecule is CCOCCCCNC(=NC)NCCc1cccc(Cl)c1.I. The van der Waals surface area contributed by atoms with Crippen LogP contribution in [0, 0.1) is 0 Å². The molecule has 0 aromatic heterocycles. The normalized spacial score (nSPS) is 11.0. The summed E-state index contributed by atoms with van der Waals surface area (Å²) in [4.78, 5) is 4.21. The molecule has 6 heteroatoms. The van der Waals surface area contributed by atoms with E-state index in [4.69, 9.17) is 16.3 Å². The van der Waals surface area contributed by atoms with Gasteiger partial charge in [0, 0.05) is 38.4 Å². The van der Waals surface area contributed by atoms with E-state index in [-0.39, 0.29) is 24.0 Å². The zero-order valence-electron chi connectivity index (χ0n) is 13.4. The smallest absolute Gasteiger partial charge is 0.190 e. The number of halogens is 2. The Hall–Kier alpha value is -0.530. The molecule has 0 saturated heterocycles. The van der Waals surface area contributed by atoms with Crippen molar-refractivity contribution in [2.75, 3.05) is 33.4 Å². The summed E-state index contributed by atoms with van der Waals surface area (Å²) in [6, 6.07) is 7.94. The number of hydrogen-bond acceptors (Lipinski definition) is 2. The Morgan fingerprint density at radius 3 is 2.68 bits per heavy atom. The molecule has 0 amide bonds. The lowest BCUT2D eigenvalue weighted by molar-refractivity contribution is 0.143. The van der Waals surface area contributed by atoms with E-state index in [1.807, 2.05) is 25.1 Å². The highest BCUT2D eigenvalue weighted by Crippen LogP contribution is 2.10. The van der Waals surface area contributed by atoms with Crippen molar-refractivity contribution in [3.63, 3.8) is 0 Å². The van der Waals surface area contributed by atoms with Crippen molar-refractivity contribution < 1.29 is 4.74 Å². The van der Waals surface area contributed by atoms with Crippen molar-refractivity contribution in [1.82, 2.24) is 10.6 Å². The van der Waals surface area contributed by atoms with Gasteiger partial charge in [-0.1, -0.05) is 23.7 Å². The van der Waals surface area contributed by atoms with Gasteiger partial charge in [-0.2, -0.15) is 0 Å². The molecule has 0 heterocycles. The van der Waals surface area contributed by atoms with Gasteiger partial charge in [-0.3, -0.25) is 4.99 Å². The molecule has 1 rings (SSSR count). The highest BCUT2D eigenvalue weighted by molar-refractivity contribution is 14.0. The minimum Gasteiger partial charge on any atom is -0.382 e. The van der Waals surface area contributed by atoms with Gasteiger partial charge in [-0.15, -0.1) is 24.0 Å². The van der Waals surface area contributed by atoms with Gasteiger partial charge in [-0.25, -0.2) is 0 Å². The Balaban J connectivity index is 0.00000441. The average Bonchev–Trinajstić information content (AvgIpc) is 2.49. The first-order valence-electron chi connectivity index (χ1n) is 7.53. The van der Waals surface area contributed by atoms with Gasteiger partial charge < -0.3 is 15.4 Å². The number of nitrogens with zero attached hydrogens (tertiary/aromatic N) is 1. The molecule has 126 valence electrons. The number of guanidine groups is 1. The molecule has 0 fully saturated rings. The van der Waals surface area contributed by atoms with E-state index in [9.17, 15) is 0 Å². The van der Waals surface area contributed by atoms with E-state index < -0.39 is 0 Å². The maximum Gasteiger partial charge on any atom is 0.190 e. The highest BCUT2D eigenvalue weighted by Gasteiger charge is 1.98. The van der Waals surface area contributed by atoms with Gasteiger partial charge in [-0.05, 0) is 43.9 Å². The molecule has 0 radical (unpaired) electrons. The van der Waals surface area contributed by atoms with E-state index in [1.165, 1.54) is 5.56 Å². The first kappa shape index (κ1) is 21.5. The van der Waals surface area contributed by atoms with Crippen molar-refractivity contribution in [1.29, 1.82) is 0 Å². The van der Waals surface area contributed by atoms with Crippen molar-refractivity contribution >= 4 is 41.5 Å². The zero-order valence-corrected chi connectivity index (χ0v) is 16.5. The fraction of sp³-hybridized carbons (Fsp3) is 0.562. The lowest BCUT2D eigenvalue weighted by Gasteiger charge is -2.12. The molecule has 1 aromatic carbocycles. The van der Waals surface area contributed by atoms with Gasteiger partial charge in [0.1, 0.15) is 0 Å². The van der Waals surface area contributed by atoms with E-state index in [1.54, 1.807) is 7.05 Å². The minimum absolute atomic E-state index is 0. The summed E-state index contributed by atoms with van der Waals surface area (Å²) in [5.74, 6) is 0.841. The van der Waals surface area contributed by atoms with Crippen LogP contribution in [0.3, 0.4) is 0 Å². The third kappa shape index (κ3) is 10.2. The van der Waals surface area contributed by atoms with Gasteiger partial charge in [0.25, 0.3) is 0 Å². The molecular formula is C16H27ClIN3O. The molecule has 22 heavy (non-hydrogen) atoms. The quantitative estimate of drug-likeness (QED) is 0.268. The van der Waals surface area contributed by atoms with Crippen LogP contribution in [-0.4, -0.2) is 39.3 Å². The highest BCUT2D eigenvalue weighted by atomic mass is 127. The predicted octanol–water partition coefficient (Wildman–Crippen LogP) is 3.48. The third-order valence-corrected chi connectivity index (χ3v) is 3.27. The van der Waals surface area contributed by atoms with Crippen molar-refractivity contribution in [3.05, 3.63) is 34.9 Å². The van der Waals surface area contributed by atoms with E-state index in [2.05, 4.69) is 21.7 Å². The van der Waals surface area contributed by atoms with Crippen LogP contribution in [0.4, 0.5) is 0 Å². The molecule has 1 aromatic rings. The summed E-state index contributed by atoms with van der Waals surface area (Å²) in [6.45, 7) is 5.38. The summed E-state index contributed by atoms with van der Waals surface area (Å²) < 4.78 is 5.31. The van der Waals surface area contributed by atoms with Crippen LogP contribution in [0.2, 0.25) is 5.02 Å². The molecule has 0 aliphatic carbocycles. The Morgan fingerprint density at radius 2 is 2.00 bits per heavy atom. The monoisotopic (exact) mass is 439 g/mol. The first-order valence-corrected chi connectivity index (χ1v) is 7.90. The summed E-state index contributed by atoms with van der Waals surface area (Å²) >= 11 is 5.97. The number of nitrogens with one attached hydrogen (secondary N) is 2. The van der Waals surface area contributed by atoms with Crippen molar-refractivity contribution in [2.45, 2.75) is 26.2 Å². The number of aliphatic imine (C=N–C) groups is 1. The Kier molecular flexibility index (Phi) is 13.7. The number of benzene rings is 1. The van der Waals surface area contributed by atoms with Crippen LogP contribution in [0.5, 0.6) is 0 Å². The molecule has 0 atom stereocenters. The van der Waals surface area contributed by atoms with E-state index in [0.29, 0.717) is 0 Å². The third-order valence-electron chi connectivity index (χ3n) is 3.03. The molecule has 0 bridgehead atoms. The molecule has 2 N–H and O–H groups in total. The van der Waals surface area contributed by atoms with Crippen LogP contribution < -0.4 is 10.6 Å². The lowest BCUT2D eigenvalue weighted by Crippen LogP contribution is -2.38. The van der Waals surface area contributed by atoms with Crippen molar-refractivity contribution in [2.24, 2.45) is 4.99 Å². The number of hydrogen-bond donors (Lipinski definition) is 2. The summed E-state index contributed by atoms with van der Waals surface area (Å²) in [5, 5.41) is 7.39. The Labute approximate surface area is 156 Å². The van der Waals surface area contributed by atoms with Gasteiger partial charge in [0.05, 0.1) is 0 Å². The number of rotatable bonds is 9. The Morgan fingerprint density at radius 1 is 1.23 bits per heavy atom. The van der Waals surface area contributed by atoms with Crippen LogP contribution in [-0.2, 0) is 11.2 Å². The molecule has 0 saturated carbocycles. The first-order chi connectivity index (χ1) is 10.3. The predicted molar refractivity (Wildman–Crippen MR) is 106 cm³/mol. The van der Waals surface area contributed by atoms with E-state index >= 15 is 0 Å². The van der Waals surface area contributed by atoms with Gasteiger partial charge in [0.2, 0.25) is 0 Å². The molecule has 0 aliphatic rings. The maximum atomic E-state index is 5.97. The molecule has 0 aliphatic heterocycles. The molecule has 0 unspecified atom stereocenters. The van der Waals surface area contributed by atoms with Crippen LogP contribution in [0.15, 0.2) is 29.3 Å². The zero-order chi connectivity index (χ0) is 15.3. The topological polar surface area (TPSA) is 45.6 Å². The average molecular weight is 440 g/mol. The summed E-state index contributed by atoms with van der Waals surface area (Å²) in [6.07, 6.45) is 3.07. The number of unbranched alkanes of at least 4 members (excludes halogenated alkanes) is 1. The second kappa shape index (κ2) is 14.1. The van der Waals surface area contributed by atoms with Crippen LogP contribution >= 0.6 is 35.6 Å². The van der Waals surface area contributed by atoms with Gasteiger partial charge in [0.15, 0.2) is 5.96 Å². The fourth-order valence-electron chi connectivity index (χ4n) is 1.92. The summed E-state index contributed by atoms with van der Waals surface area (Å²) in [7, 11) is 1.79. The van der Waals surface area contributed by atoms with E-state index in [0.717, 1.165) is 56.5 Å².